The second kappa shape index (κ2) is 15.5. The number of ether oxygens (including phenoxy) is 2. The van der Waals surface area contributed by atoms with E-state index in [1.165, 1.54) is 7.11 Å². The molecule has 0 saturated heterocycles. The Kier molecular flexibility index (Phi) is 11.3. The van der Waals surface area contributed by atoms with Gasteiger partial charge in [-0.15, -0.1) is 0 Å². The SMILES string of the molecule is COC(=O)[C@H](Cc1ccc(OCCN(C(=O)CC(C)C)c2ccccc2C)cc1)Nc1ccccc1C(=O)c1ccccc1. The summed E-state index contributed by atoms with van der Waals surface area (Å²) in [7, 11) is 1.35. The number of nitrogens with one attached hydrogen (secondary N) is 1. The predicted molar refractivity (Wildman–Crippen MR) is 174 cm³/mol. The van der Waals surface area contributed by atoms with Gasteiger partial charge in [0.25, 0.3) is 0 Å². The molecule has 0 aliphatic heterocycles. The molecule has 0 saturated carbocycles. The van der Waals surface area contributed by atoms with Crippen LogP contribution in [0, 0.1) is 12.8 Å². The maximum Gasteiger partial charge on any atom is 0.328 e. The minimum Gasteiger partial charge on any atom is -0.492 e. The standard InChI is InChI=1S/C37H40N2O5/c1-26(2)24-35(40)39(34-17-11-8-12-27(34)3)22-23-44-30-20-18-28(19-21-30)25-33(37(42)43-4)38-32-16-10-9-15-31(32)36(41)29-13-6-5-7-14-29/h5-21,26,33,38H,22-25H2,1-4H3/t33-/m0/s1. The summed E-state index contributed by atoms with van der Waals surface area (Å²) < 4.78 is 11.1. The Morgan fingerprint density at radius 1 is 0.818 bits per heavy atom. The van der Waals surface area contributed by atoms with Crippen molar-refractivity contribution in [3.63, 3.8) is 0 Å². The van der Waals surface area contributed by atoms with Crippen molar-refractivity contribution >= 4 is 29.0 Å². The van der Waals surface area contributed by atoms with E-state index in [4.69, 9.17) is 9.47 Å². The molecule has 4 aromatic carbocycles. The highest BCUT2D eigenvalue weighted by molar-refractivity contribution is 6.12. The van der Waals surface area contributed by atoms with Crippen LogP contribution in [-0.2, 0) is 20.7 Å². The number of nitrogens with zero attached hydrogens (tertiary/aromatic N) is 1. The number of aryl methyl sites for hydroxylation is 1. The monoisotopic (exact) mass is 592 g/mol. The van der Waals surface area contributed by atoms with E-state index in [-0.39, 0.29) is 17.6 Å². The summed E-state index contributed by atoms with van der Waals surface area (Å²) in [6.07, 6.45) is 0.800. The van der Waals surface area contributed by atoms with Crippen LogP contribution in [0.5, 0.6) is 5.75 Å². The van der Waals surface area contributed by atoms with Gasteiger partial charge in [-0.2, -0.15) is 0 Å². The van der Waals surface area contributed by atoms with Crippen molar-refractivity contribution in [2.45, 2.75) is 39.7 Å². The topological polar surface area (TPSA) is 84.9 Å². The second-order valence-electron chi connectivity index (χ2n) is 11.1. The Bertz CT molecular complexity index is 1550. The summed E-state index contributed by atoms with van der Waals surface area (Å²) in [4.78, 5) is 40.8. The molecule has 1 amide bonds. The lowest BCUT2D eigenvalue weighted by molar-refractivity contribution is -0.141. The van der Waals surface area contributed by atoms with Crippen LogP contribution in [0.4, 0.5) is 11.4 Å². The van der Waals surface area contributed by atoms with Crippen molar-refractivity contribution < 1.29 is 23.9 Å². The third-order valence-corrected chi connectivity index (χ3v) is 7.26. The summed E-state index contributed by atoms with van der Waals surface area (Å²) in [6, 6.07) is 30.8. The van der Waals surface area contributed by atoms with E-state index >= 15 is 0 Å². The van der Waals surface area contributed by atoms with Crippen molar-refractivity contribution in [3.8, 4) is 5.75 Å². The summed E-state index contributed by atoms with van der Waals surface area (Å²) in [6.45, 7) is 6.83. The van der Waals surface area contributed by atoms with Gasteiger partial charge in [0.1, 0.15) is 18.4 Å². The smallest absolute Gasteiger partial charge is 0.328 e. The Labute approximate surface area is 259 Å². The van der Waals surface area contributed by atoms with Gasteiger partial charge in [0.05, 0.1) is 13.7 Å². The normalized spacial score (nSPS) is 11.5. The average Bonchev–Trinajstić information content (AvgIpc) is 3.03. The molecule has 0 radical (unpaired) electrons. The minimum absolute atomic E-state index is 0.0710. The third-order valence-electron chi connectivity index (χ3n) is 7.26. The average molecular weight is 593 g/mol. The zero-order valence-electron chi connectivity index (χ0n) is 25.8. The Hall–Kier alpha value is -4.91. The fourth-order valence-electron chi connectivity index (χ4n) is 4.99. The van der Waals surface area contributed by atoms with Crippen LogP contribution in [0.3, 0.4) is 0 Å². The van der Waals surface area contributed by atoms with Crippen molar-refractivity contribution in [1.29, 1.82) is 0 Å². The molecule has 4 aromatic rings. The van der Waals surface area contributed by atoms with Gasteiger partial charge in [-0.25, -0.2) is 4.79 Å². The summed E-state index contributed by atoms with van der Waals surface area (Å²) in [5.74, 6) is 0.418. The van der Waals surface area contributed by atoms with Crippen molar-refractivity contribution in [3.05, 3.63) is 125 Å². The van der Waals surface area contributed by atoms with Gasteiger partial charge < -0.3 is 19.7 Å². The summed E-state index contributed by atoms with van der Waals surface area (Å²) in [5, 5.41) is 3.24. The van der Waals surface area contributed by atoms with Crippen LogP contribution < -0.4 is 15.0 Å². The first kappa shape index (κ1) is 32.0. The van der Waals surface area contributed by atoms with E-state index in [1.807, 2.05) is 93.6 Å². The van der Waals surface area contributed by atoms with E-state index in [2.05, 4.69) is 5.32 Å². The molecule has 0 fully saturated rings. The Morgan fingerprint density at radius 3 is 2.16 bits per heavy atom. The molecule has 0 aliphatic rings. The Morgan fingerprint density at radius 2 is 1.48 bits per heavy atom. The number of carbonyl (C=O) groups excluding carboxylic acids is 3. The molecule has 7 nitrogen and oxygen atoms in total. The fraction of sp³-hybridized carbons (Fsp3) is 0.270. The highest BCUT2D eigenvalue weighted by Gasteiger charge is 2.23. The van der Waals surface area contributed by atoms with Gasteiger partial charge >= 0.3 is 5.97 Å². The first-order valence-corrected chi connectivity index (χ1v) is 14.9. The number of hydrogen-bond acceptors (Lipinski definition) is 6. The van der Waals surface area contributed by atoms with Crippen LogP contribution in [0.1, 0.15) is 47.3 Å². The lowest BCUT2D eigenvalue weighted by atomic mass is 10.00. The van der Waals surface area contributed by atoms with Crippen molar-refractivity contribution in [2.24, 2.45) is 5.92 Å². The number of hydrogen-bond donors (Lipinski definition) is 1. The highest BCUT2D eigenvalue weighted by Crippen LogP contribution is 2.24. The van der Waals surface area contributed by atoms with Gasteiger partial charge in [-0.3, -0.25) is 9.59 Å². The molecule has 0 spiro atoms. The van der Waals surface area contributed by atoms with Crippen LogP contribution in [0.25, 0.3) is 0 Å². The number of para-hydroxylation sites is 2. The van der Waals surface area contributed by atoms with Crippen LogP contribution in [0.2, 0.25) is 0 Å². The molecule has 0 bridgehead atoms. The maximum absolute atomic E-state index is 13.2. The molecule has 1 N–H and O–H groups in total. The number of benzene rings is 4. The molecule has 0 aliphatic carbocycles. The summed E-state index contributed by atoms with van der Waals surface area (Å²) in [5.41, 5.74) is 4.42. The molecule has 44 heavy (non-hydrogen) atoms. The molecular weight excluding hydrogens is 552 g/mol. The predicted octanol–water partition coefficient (Wildman–Crippen LogP) is 6.88. The number of amides is 1. The van der Waals surface area contributed by atoms with E-state index in [0.717, 1.165) is 16.8 Å². The van der Waals surface area contributed by atoms with Gasteiger partial charge in [-0.1, -0.05) is 86.6 Å². The largest absolute Gasteiger partial charge is 0.492 e. The van der Waals surface area contributed by atoms with Gasteiger partial charge in [0.15, 0.2) is 5.78 Å². The number of carbonyl (C=O) groups is 3. The molecule has 7 heteroatoms. The highest BCUT2D eigenvalue weighted by atomic mass is 16.5. The van der Waals surface area contributed by atoms with E-state index in [0.29, 0.717) is 48.6 Å². The molecule has 4 rings (SSSR count). The van der Waals surface area contributed by atoms with Gasteiger partial charge in [-0.05, 0) is 54.3 Å². The molecule has 0 heterocycles. The quantitative estimate of drug-likeness (QED) is 0.127. The minimum atomic E-state index is -0.717. The lowest BCUT2D eigenvalue weighted by Gasteiger charge is -2.25. The van der Waals surface area contributed by atoms with E-state index in [1.54, 1.807) is 35.2 Å². The number of methoxy groups -OCH3 is 1. The van der Waals surface area contributed by atoms with E-state index in [9.17, 15) is 14.4 Å². The summed E-state index contributed by atoms with van der Waals surface area (Å²) >= 11 is 0. The van der Waals surface area contributed by atoms with Crippen LogP contribution in [-0.4, -0.2) is 44.0 Å². The first-order chi connectivity index (χ1) is 21.3. The number of anilines is 2. The maximum atomic E-state index is 13.2. The number of rotatable bonds is 14. The first-order valence-electron chi connectivity index (χ1n) is 14.9. The fourth-order valence-corrected chi connectivity index (χ4v) is 4.99. The molecule has 0 aromatic heterocycles. The van der Waals surface area contributed by atoms with E-state index < -0.39 is 12.0 Å². The van der Waals surface area contributed by atoms with Gasteiger partial charge in [0, 0.05) is 35.3 Å². The Balaban J connectivity index is 1.42. The second-order valence-corrected chi connectivity index (χ2v) is 11.1. The van der Waals surface area contributed by atoms with Crippen LogP contribution >= 0.6 is 0 Å². The molecule has 0 unspecified atom stereocenters. The van der Waals surface area contributed by atoms with Crippen molar-refractivity contribution in [2.75, 3.05) is 30.5 Å². The number of esters is 1. The zero-order chi connectivity index (χ0) is 31.5. The molecule has 228 valence electrons. The molecular formula is C37H40N2O5. The van der Waals surface area contributed by atoms with Gasteiger partial charge in [0.2, 0.25) is 5.91 Å². The lowest BCUT2D eigenvalue weighted by Crippen LogP contribution is -2.35. The zero-order valence-corrected chi connectivity index (χ0v) is 25.8. The number of ketones is 1. The molecule has 1 atom stereocenters. The third kappa shape index (κ3) is 8.57. The van der Waals surface area contributed by atoms with Crippen LogP contribution in [0.15, 0.2) is 103 Å². The van der Waals surface area contributed by atoms with Crippen molar-refractivity contribution in [1.82, 2.24) is 0 Å².